The molecule has 124 valence electrons. The van der Waals surface area contributed by atoms with Gasteiger partial charge in [-0.05, 0) is 24.6 Å². The summed E-state index contributed by atoms with van der Waals surface area (Å²) in [6.07, 6.45) is 1.66. The molecule has 0 saturated carbocycles. The maximum atomic E-state index is 12.5. The van der Waals surface area contributed by atoms with Crippen LogP contribution in [0.15, 0.2) is 30.5 Å². The van der Waals surface area contributed by atoms with Crippen molar-refractivity contribution >= 4 is 32.6 Å². The minimum absolute atomic E-state index is 0.0507. The van der Waals surface area contributed by atoms with Crippen molar-refractivity contribution in [2.45, 2.75) is 6.92 Å². The third-order valence-electron chi connectivity index (χ3n) is 4.49. The fourth-order valence-electron chi connectivity index (χ4n) is 3.06. The van der Waals surface area contributed by atoms with E-state index in [9.17, 15) is 4.79 Å². The van der Waals surface area contributed by atoms with E-state index < -0.39 is 0 Å². The summed E-state index contributed by atoms with van der Waals surface area (Å²) >= 11 is 1.73. The molecule has 1 aliphatic heterocycles. The number of thiazole rings is 1. The van der Waals surface area contributed by atoms with Crippen LogP contribution in [0.1, 0.15) is 16.1 Å². The number of para-hydroxylation sites is 1. The molecule has 0 radical (unpaired) electrons. The van der Waals surface area contributed by atoms with Gasteiger partial charge in [0.25, 0.3) is 5.91 Å². The fourth-order valence-corrected chi connectivity index (χ4v) is 4.15. The molecule has 0 atom stereocenters. The quantitative estimate of drug-likeness (QED) is 0.718. The van der Waals surface area contributed by atoms with Gasteiger partial charge in [0.2, 0.25) is 0 Å². The van der Waals surface area contributed by atoms with Gasteiger partial charge in [0.05, 0.1) is 10.2 Å². The predicted molar refractivity (Wildman–Crippen MR) is 95.7 cm³/mol. The molecule has 0 unspecified atom stereocenters. The second-order valence-electron chi connectivity index (χ2n) is 6.04. The van der Waals surface area contributed by atoms with E-state index in [1.54, 1.807) is 35.3 Å². The normalized spacial score (nSPS) is 15.2. The number of aromatic nitrogens is 3. The van der Waals surface area contributed by atoms with Crippen LogP contribution in [0.3, 0.4) is 0 Å². The van der Waals surface area contributed by atoms with Gasteiger partial charge in [-0.15, -0.1) is 0 Å². The Morgan fingerprint density at radius 3 is 2.62 bits per heavy atom. The van der Waals surface area contributed by atoms with E-state index in [0.29, 0.717) is 18.8 Å². The molecule has 2 aromatic heterocycles. The van der Waals surface area contributed by atoms with Crippen molar-refractivity contribution in [1.82, 2.24) is 19.7 Å². The van der Waals surface area contributed by atoms with Crippen molar-refractivity contribution in [3.63, 3.8) is 0 Å². The van der Waals surface area contributed by atoms with Crippen LogP contribution >= 0.6 is 11.3 Å². The van der Waals surface area contributed by atoms with Crippen LogP contribution in [0.25, 0.3) is 10.2 Å². The second-order valence-corrected chi connectivity index (χ2v) is 7.05. The van der Waals surface area contributed by atoms with Crippen molar-refractivity contribution in [2.75, 3.05) is 31.1 Å². The monoisotopic (exact) mass is 341 g/mol. The van der Waals surface area contributed by atoms with Gasteiger partial charge in [-0.3, -0.25) is 9.48 Å². The lowest BCUT2D eigenvalue weighted by Crippen LogP contribution is -2.49. The lowest BCUT2D eigenvalue weighted by Gasteiger charge is -2.34. The SMILES string of the molecule is Cc1cccc2sc(N3CCN(C(=O)c4ccnn4C)CC3)nc12. The van der Waals surface area contributed by atoms with Crippen LogP contribution in [0.5, 0.6) is 0 Å². The first-order chi connectivity index (χ1) is 11.6. The highest BCUT2D eigenvalue weighted by Crippen LogP contribution is 2.31. The molecule has 1 fully saturated rings. The van der Waals surface area contributed by atoms with Crippen molar-refractivity contribution in [3.8, 4) is 0 Å². The minimum Gasteiger partial charge on any atom is -0.345 e. The highest BCUT2D eigenvalue weighted by Gasteiger charge is 2.25. The molecule has 0 spiro atoms. The summed E-state index contributed by atoms with van der Waals surface area (Å²) in [4.78, 5) is 21.5. The van der Waals surface area contributed by atoms with Gasteiger partial charge in [-0.2, -0.15) is 5.10 Å². The van der Waals surface area contributed by atoms with Crippen LogP contribution in [-0.4, -0.2) is 51.8 Å². The Kier molecular flexibility index (Phi) is 3.72. The Hall–Kier alpha value is -2.41. The Morgan fingerprint density at radius 2 is 1.96 bits per heavy atom. The number of fused-ring (bicyclic) bond motifs is 1. The number of rotatable bonds is 2. The number of carbonyl (C=O) groups is 1. The van der Waals surface area contributed by atoms with Crippen LogP contribution in [0.2, 0.25) is 0 Å². The first kappa shape index (κ1) is 15.1. The third-order valence-corrected chi connectivity index (χ3v) is 5.57. The summed E-state index contributed by atoms with van der Waals surface area (Å²) in [5.74, 6) is 0.0507. The number of amides is 1. The lowest BCUT2D eigenvalue weighted by atomic mass is 10.2. The molecule has 7 heteroatoms. The Bertz CT molecular complexity index is 891. The maximum Gasteiger partial charge on any atom is 0.272 e. The fraction of sp³-hybridized carbons (Fsp3) is 0.353. The van der Waals surface area contributed by atoms with Crippen LogP contribution in [0.4, 0.5) is 5.13 Å². The molecule has 0 N–H and O–H groups in total. The molecule has 1 aromatic carbocycles. The van der Waals surface area contributed by atoms with Gasteiger partial charge in [0.15, 0.2) is 5.13 Å². The predicted octanol–water partition coefficient (Wildman–Crippen LogP) is 2.30. The van der Waals surface area contributed by atoms with Crippen LogP contribution in [0, 0.1) is 6.92 Å². The smallest absolute Gasteiger partial charge is 0.272 e. The number of piperazine rings is 1. The Labute approximate surface area is 144 Å². The van der Waals surface area contributed by atoms with Gasteiger partial charge < -0.3 is 9.80 Å². The summed E-state index contributed by atoms with van der Waals surface area (Å²) in [7, 11) is 1.80. The summed E-state index contributed by atoms with van der Waals surface area (Å²) in [6, 6.07) is 8.05. The summed E-state index contributed by atoms with van der Waals surface area (Å²) in [5.41, 5.74) is 2.94. The first-order valence-electron chi connectivity index (χ1n) is 8.02. The topological polar surface area (TPSA) is 54.3 Å². The first-order valence-corrected chi connectivity index (χ1v) is 8.83. The number of carbonyl (C=O) groups excluding carboxylic acids is 1. The van der Waals surface area contributed by atoms with Crippen molar-refractivity contribution in [1.29, 1.82) is 0 Å². The Balaban J connectivity index is 1.48. The van der Waals surface area contributed by atoms with Gasteiger partial charge in [0.1, 0.15) is 5.69 Å². The van der Waals surface area contributed by atoms with E-state index in [0.717, 1.165) is 23.7 Å². The van der Waals surface area contributed by atoms with Crippen molar-refractivity contribution < 1.29 is 4.79 Å². The molecule has 1 saturated heterocycles. The zero-order chi connectivity index (χ0) is 16.7. The van der Waals surface area contributed by atoms with Gasteiger partial charge >= 0.3 is 0 Å². The number of nitrogens with zero attached hydrogens (tertiary/aromatic N) is 5. The standard InChI is InChI=1S/C17H19N5OS/c1-12-4-3-5-14-15(12)19-17(24-14)22-10-8-21(9-11-22)16(23)13-6-7-18-20(13)2/h3-7H,8-11H2,1-2H3. The molecular formula is C17H19N5OS. The van der Waals surface area contributed by atoms with Gasteiger partial charge in [-0.1, -0.05) is 23.5 Å². The van der Waals surface area contributed by atoms with E-state index in [-0.39, 0.29) is 5.91 Å². The van der Waals surface area contributed by atoms with E-state index in [1.807, 2.05) is 4.90 Å². The number of anilines is 1. The molecule has 0 bridgehead atoms. The molecule has 3 aromatic rings. The third kappa shape index (κ3) is 2.54. The van der Waals surface area contributed by atoms with E-state index in [2.05, 4.69) is 35.1 Å². The van der Waals surface area contributed by atoms with E-state index in [4.69, 9.17) is 4.98 Å². The largest absolute Gasteiger partial charge is 0.345 e. The summed E-state index contributed by atoms with van der Waals surface area (Å²) < 4.78 is 2.85. The number of hydrogen-bond donors (Lipinski definition) is 0. The molecule has 1 aliphatic rings. The highest BCUT2D eigenvalue weighted by atomic mass is 32.1. The van der Waals surface area contributed by atoms with E-state index in [1.165, 1.54) is 10.3 Å². The number of hydrogen-bond acceptors (Lipinski definition) is 5. The molecule has 3 heterocycles. The van der Waals surface area contributed by atoms with Crippen molar-refractivity contribution in [2.24, 2.45) is 7.05 Å². The molecule has 0 aliphatic carbocycles. The molecule has 4 rings (SSSR count). The van der Waals surface area contributed by atoms with Crippen LogP contribution < -0.4 is 4.90 Å². The Morgan fingerprint density at radius 1 is 1.17 bits per heavy atom. The highest BCUT2D eigenvalue weighted by molar-refractivity contribution is 7.22. The minimum atomic E-state index is 0.0507. The van der Waals surface area contributed by atoms with E-state index >= 15 is 0 Å². The lowest BCUT2D eigenvalue weighted by molar-refractivity contribution is 0.0735. The molecule has 1 amide bonds. The molecule has 24 heavy (non-hydrogen) atoms. The maximum absolute atomic E-state index is 12.5. The van der Waals surface area contributed by atoms with Gasteiger partial charge in [0, 0.05) is 39.4 Å². The number of benzene rings is 1. The average Bonchev–Trinajstić information content (AvgIpc) is 3.21. The van der Waals surface area contributed by atoms with Gasteiger partial charge in [-0.25, -0.2) is 4.98 Å². The summed E-state index contributed by atoms with van der Waals surface area (Å²) in [6.45, 7) is 5.12. The average molecular weight is 341 g/mol. The zero-order valence-corrected chi connectivity index (χ0v) is 14.6. The zero-order valence-electron chi connectivity index (χ0n) is 13.8. The van der Waals surface area contributed by atoms with Crippen LogP contribution in [-0.2, 0) is 7.05 Å². The number of aryl methyl sites for hydroxylation is 2. The summed E-state index contributed by atoms with van der Waals surface area (Å²) in [5, 5.41) is 5.13. The van der Waals surface area contributed by atoms with Crippen molar-refractivity contribution in [3.05, 3.63) is 41.7 Å². The molecule has 6 nitrogen and oxygen atoms in total. The second kappa shape index (κ2) is 5.90. The molecular weight excluding hydrogens is 322 g/mol.